The van der Waals surface area contributed by atoms with Crippen molar-refractivity contribution in [2.24, 2.45) is 0 Å². The number of hydrogen-bond donors (Lipinski definition) is 1. The van der Waals surface area contributed by atoms with Crippen LogP contribution >= 0.6 is 0 Å². The van der Waals surface area contributed by atoms with Crippen LogP contribution in [-0.2, 0) is 0 Å². The molecule has 1 saturated heterocycles. The topological polar surface area (TPSA) is 45.5 Å². The van der Waals surface area contributed by atoms with Crippen LogP contribution in [0.4, 0.5) is 5.69 Å². The Labute approximate surface area is 193 Å². The normalized spacial score (nSPS) is 14.3. The zero-order valence-electron chi connectivity index (χ0n) is 19.0. The molecule has 1 fully saturated rings. The Morgan fingerprint density at radius 1 is 0.848 bits per heavy atom. The number of benzene rings is 2. The molecule has 5 aromatic rings. The van der Waals surface area contributed by atoms with Crippen molar-refractivity contribution < 1.29 is 0 Å². The van der Waals surface area contributed by atoms with Gasteiger partial charge in [0.05, 0.1) is 17.4 Å². The maximum Gasteiger partial charge on any atom is 0.137 e. The van der Waals surface area contributed by atoms with Gasteiger partial charge in [0.25, 0.3) is 0 Å². The van der Waals surface area contributed by atoms with Crippen molar-refractivity contribution in [1.29, 1.82) is 0 Å². The van der Waals surface area contributed by atoms with Gasteiger partial charge in [-0.25, -0.2) is 4.98 Å². The van der Waals surface area contributed by atoms with E-state index in [0.717, 1.165) is 59.7 Å². The average Bonchev–Trinajstić information content (AvgIpc) is 3.27. The summed E-state index contributed by atoms with van der Waals surface area (Å²) in [5.41, 5.74) is 10.1. The van der Waals surface area contributed by atoms with Gasteiger partial charge < -0.3 is 10.2 Å². The van der Waals surface area contributed by atoms with Crippen molar-refractivity contribution in [3.8, 4) is 22.4 Å². The lowest BCUT2D eigenvalue weighted by atomic mass is 10.0. The van der Waals surface area contributed by atoms with Crippen LogP contribution in [0.1, 0.15) is 11.3 Å². The lowest BCUT2D eigenvalue weighted by Crippen LogP contribution is -2.43. The Morgan fingerprint density at radius 3 is 2.48 bits per heavy atom. The van der Waals surface area contributed by atoms with E-state index in [-0.39, 0.29) is 0 Å². The van der Waals surface area contributed by atoms with E-state index < -0.39 is 0 Å². The number of hydrogen-bond acceptors (Lipinski definition) is 4. The van der Waals surface area contributed by atoms with E-state index in [1.807, 2.05) is 6.20 Å². The lowest BCUT2D eigenvalue weighted by Gasteiger charge is -2.29. The summed E-state index contributed by atoms with van der Waals surface area (Å²) >= 11 is 0. The molecule has 0 atom stereocenters. The molecule has 4 heterocycles. The molecular formula is C28H27N5. The van der Waals surface area contributed by atoms with Gasteiger partial charge in [0, 0.05) is 54.7 Å². The number of piperazine rings is 1. The summed E-state index contributed by atoms with van der Waals surface area (Å²) in [5, 5.41) is 4.57. The van der Waals surface area contributed by atoms with E-state index in [4.69, 9.17) is 9.97 Å². The molecule has 0 radical (unpaired) electrons. The van der Waals surface area contributed by atoms with Crippen LogP contribution in [0.5, 0.6) is 0 Å². The molecule has 0 aliphatic carbocycles. The quantitative estimate of drug-likeness (QED) is 0.423. The number of rotatable bonds is 3. The smallest absolute Gasteiger partial charge is 0.137 e. The summed E-state index contributed by atoms with van der Waals surface area (Å²) in [6, 6.07) is 21.9. The van der Waals surface area contributed by atoms with Crippen molar-refractivity contribution in [1.82, 2.24) is 19.7 Å². The van der Waals surface area contributed by atoms with Crippen molar-refractivity contribution >= 4 is 22.2 Å². The molecule has 33 heavy (non-hydrogen) atoms. The Hall–Kier alpha value is -3.70. The second-order valence-electron chi connectivity index (χ2n) is 8.90. The van der Waals surface area contributed by atoms with E-state index in [1.165, 1.54) is 22.4 Å². The maximum atomic E-state index is 4.75. The third-order valence-corrected chi connectivity index (χ3v) is 6.57. The third-order valence-electron chi connectivity index (χ3n) is 6.57. The van der Waals surface area contributed by atoms with E-state index in [9.17, 15) is 0 Å². The standard InChI is InChI=1S/C28H27N5/c1-19-3-8-24-25(16-20(2)31-26(24)15-19)27-18-30-28-17-22(9-12-33(27)28)21-4-6-23(7-5-21)32-13-10-29-11-14-32/h3-9,12,15-18,29H,10-11,13-14H2,1-2H3. The van der Waals surface area contributed by atoms with Crippen LogP contribution in [-0.4, -0.2) is 40.5 Å². The zero-order chi connectivity index (χ0) is 22.4. The predicted octanol–water partition coefficient (Wildman–Crippen LogP) is 5.24. The first-order valence-corrected chi connectivity index (χ1v) is 11.6. The van der Waals surface area contributed by atoms with Crippen molar-refractivity contribution in [3.63, 3.8) is 0 Å². The van der Waals surface area contributed by atoms with Gasteiger partial charge in [-0.3, -0.25) is 9.38 Å². The highest BCUT2D eigenvalue weighted by molar-refractivity contribution is 5.94. The molecule has 0 unspecified atom stereocenters. The maximum absolute atomic E-state index is 4.75. The molecule has 0 bridgehead atoms. The summed E-state index contributed by atoms with van der Waals surface area (Å²) in [7, 11) is 0. The van der Waals surface area contributed by atoms with E-state index in [1.54, 1.807) is 0 Å². The number of nitrogens with one attached hydrogen (secondary N) is 1. The van der Waals surface area contributed by atoms with E-state index >= 15 is 0 Å². The second kappa shape index (κ2) is 8.01. The Morgan fingerprint density at radius 2 is 1.67 bits per heavy atom. The molecular weight excluding hydrogens is 406 g/mol. The minimum Gasteiger partial charge on any atom is -0.369 e. The summed E-state index contributed by atoms with van der Waals surface area (Å²) in [5.74, 6) is 0. The first-order valence-electron chi connectivity index (χ1n) is 11.6. The number of fused-ring (bicyclic) bond motifs is 2. The fraction of sp³-hybridized carbons (Fsp3) is 0.214. The Balaban J connectivity index is 1.37. The summed E-state index contributed by atoms with van der Waals surface area (Å²) in [6.07, 6.45) is 4.10. The molecule has 0 amide bonds. The van der Waals surface area contributed by atoms with Gasteiger partial charge in [-0.15, -0.1) is 0 Å². The first-order chi connectivity index (χ1) is 16.2. The molecule has 2 aromatic carbocycles. The van der Waals surface area contributed by atoms with Crippen molar-refractivity contribution in [2.75, 3.05) is 31.1 Å². The van der Waals surface area contributed by atoms with Crippen LogP contribution in [0.2, 0.25) is 0 Å². The highest BCUT2D eigenvalue weighted by Crippen LogP contribution is 2.31. The predicted molar refractivity (Wildman–Crippen MR) is 136 cm³/mol. The minimum absolute atomic E-state index is 0.948. The zero-order valence-corrected chi connectivity index (χ0v) is 19.0. The molecule has 5 nitrogen and oxygen atoms in total. The second-order valence-corrected chi connectivity index (χ2v) is 8.90. The number of imidazole rings is 1. The molecule has 3 aromatic heterocycles. The Kier molecular flexibility index (Phi) is 4.84. The monoisotopic (exact) mass is 433 g/mol. The molecule has 1 aliphatic heterocycles. The SMILES string of the molecule is Cc1ccc2c(-c3cnc4cc(-c5ccc(N6CCNCC6)cc5)ccn34)cc(C)nc2c1. The molecule has 5 heteroatoms. The number of pyridine rings is 2. The van der Waals surface area contributed by atoms with Gasteiger partial charge in [0.15, 0.2) is 0 Å². The fourth-order valence-corrected chi connectivity index (χ4v) is 4.83. The third kappa shape index (κ3) is 3.64. The lowest BCUT2D eigenvalue weighted by molar-refractivity contribution is 0.589. The average molecular weight is 434 g/mol. The molecule has 1 aliphatic rings. The van der Waals surface area contributed by atoms with Crippen LogP contribution < -0.4 is 10.2 Å². The molecule has 1 N–H and O–H groups in total. The van der Waals surface area contributed by atoms with Crippen LogP contribution in [0.3, 0.4) is 0 Å². The molecule has 164 valence electrons. The van der Waals surface area contributed by atoms with Gasteiger partial charge in [0.2, 0.25) is 0 Å². The van der Waals surface area contributed by atoms with Crippen LogP contribution in [0.25, 0.3) is 38.9 Å². The van der Waals surface area contributed by atoms with E-state index in [0.29, 0.717) is 0 Å². The van der Waals surface area contributed by atoms with E-state index in [2.05, 4.69) is 95.3 Å². The van der Waals surface area contributed by atoms with Crippen molar-refractivity contribution in [3.05, 3.63) is 84.3 Å². The van der Waals surface area contributed by atoms with Gasteiger partial charge in [-0.1, -0.05) is 24.3 Å². The van der Waals surface area contributed by atoms with Gasteiger partial charge >= 0.3 is 0 Å². The van der Waals surface area contributed by atoms with Crippen LogP contribution in [0, 0.1) is 13.8 Å². The molecule has 0 saturated carbocycles. The van der Waals surface area contributed by atoms with Gasteiger partial charge in [0.1, 0.15) is 5.65 Å². The number of anilines is 1. The molecule has 0 spiro atoms. The van der Waals surface area contributed by atoms with Crippen molar-refractivity contribution in [2.45, 2.75) is 13.8 Å². The Bertz CT molecular complexity index is 1450. The summed E-state index contributed by atoms with van der Waals surface area (Å²) < 4.78 is 2.17. The number of aryl methyl sites for hydroxylation is 2. The van der Waals surface area contributed by atoms with Crippen LogP contribution in [0.15, 0.2) is 73.1 Å². The number of aromatic nitrogens is 3. The highest BCUT2D eigenvalue weighted by atomic mass is 15.2. The van der Waals surface area contributed by atoms with Gasteiger partial charge in [-0.2, -0.15) is 0 Å². The fourth-order valence-electron chi connectivity index (χ4n) is 4.83. The van der Waals surface area contributed by atoms with Gasteiger partial charge in [-0.05, 0) is 66.9 Å². The minimum atomic E-state index is 0.948. The molecule has 6 rings (SSSR count). The summed E-state index contributed by atoms with van der Waals surface area (Å²) in [4.78, 5) is 11.9. The first kappa shape index (κ1) is 19.9. The summed E-state index contributed by atoms with van der Waals surface area (Å²) in [6.45, 7) is 8.38. The largest absolute Gasteiger partial charge is 0.369 e. The number of nitrogens with zero attached hydrogens (tertiary/aromatic N) is 4. The highest BCUT2D eigenvalue weighted by Gasteiger charge is 2.13.